The van der Waals surface area contributed by atoms with Crippen LogP contribution >= 0.6 is 23.2 Å². The van der Waals surface area contributed by atoms with Crippen molar-refractivity contribution in [3.63, 3.8) is 0 Å². The lowest BCUT2D eigenvalue weighted by Crippen LogP contribution is -2.36. The highest BCUT2D eigenvalue weighted by Crippen LogP contribution is 2.14. The topological polar surface area (TPSA) is 50.2 Å². The lowest BCUT2D eigenvalue weighted by Gasteiger charge is -2.18. The largest absolute Gasteiger partial charge is 0.351 e. The van der Waals surface area contributed by atoms with Gasteiger partial charge in [0.2, 0.25) is 0 Å². The van der Waals surface area contributed by atoms with Crippen molar-refractivity contribution in [1.82, 2.24) is 19.8 Å². The first-order valence-corrected chi connectivity index (χ1v) is 7.11. The van der Waals surface area contributed by atoms with Gasteiger partial charge < -0.3 is 14.8 Å². The molecule has 0 bridgehead atoms. The van der Waals surface area contributed by atoms with E-state index in [1.165, 1.54) is 0 Å². The van der Waals surface area contributed by atoms with Crippen molar-refractivity contribution in [1.29, 1.82) is 0 Å². The quantitative estimate of drug-likeness (QED) is 0.938. The number of urea groups is 1. The van der Waals surface area contributed by atoms with E-state index in [4.69, 9.17) is 23.2 Å². The highest BCUT2D eigenvalue weighted by molar-refractivity contribution is 6.30. The van der Waals surface area contributed by atoms with Crippen LogP contribution in [-0.4, -0.2) is 27.5 Å². The fourth-order valence-electron chi connectivity index (χ4n) is 1.85. The molecule has 0 saturated heterocycles. The maximum absolute atomic E-state index is 12.0. The molecule has 5 nitrogen and oxygen atoms in total. The minimum Gasteiger partial charge on any atom is -0.351 e. The summed E-state index contributed by atoms with van der Waals surface area (Å²) in [6.07, 6.45) is 3.36. The average Bonchev–Trinajstić information content (AvgIpc) is 2.75. The molecule has 0 saturated carbocycles. The first-order valence-electron chi connectivity index (χ1n) is 6.36. The lowest BCUT2D eigenvalue weighted by molar-refractivity contribution is 0.205. The molecule has 0 aliphatic carbocycles. The zero-order chi connectivity index (χ0) is 15.4. The predicted octanol–water partition coefficient (Wildman–Crippen LogP) is 3.07. The van der Waals surface area contributed by atoms with E-state index in [2.05, 4.69) is 10.3 Å². The Morgan fingerprint density at radius 3 is 2.71 bits per heavy atom. The van der Waals surface area contributed by atoms with Gasteiger partial charge in [0.1, 0.15) is 0 Å². The van der Waals surface area contributed by atoms with Crippen LogP contribution in [0.5, 0.6) is 0 Å². The van der Waals surface area contributed by atoms with Gasteiger partial charge in [-0.2, -0.15) is 0 Å². The molecule has 0 atom stereocenters. The summed E-state index contributed by atoms with van der Waals surface area (Å²) in [5.74, 6) is 0. The molecule has 0 aliphatic heterocycles. The summed E-state index contributed by atoms with van der Waals surface area (Å²) in [4.78, 5) is 17.7. The number of hydrogen-bond acceptors (Lipinski definition) is 2. The maximum Gasteiger partial charge on any atom is 0.317 e. The molecule has 7 heteroatoms. The van der Waals surface area contributed by atoms with Crippen LogP contribution < -0.4 is 5.32 Å². The Bertz CT molecular complexity index is 624. The third-order valence-electron chi connectivity index (χ3n) is 3.03. The van der Waals surface area contributed by atoms with E-state index >= 15 is 0 Å². The van der Waals surface area contributed by atoms with Crippen LogP contribution in [0.3, 0.4) is 0 Å². The van der Waals surface area contributed by atoms with Gasteiger partial charge in [-0.05, 0) is 18.2 Å². The van der Waals surface area contributed by atoms with Gasteiger partial charge in [-0.3, -0.25) is 4.98 Å². The van der Waals surface area contributed by atoms with Crippen molar-refractivity contribution in [2.24, 2.45) is 7.05 Å². The zero-order valence-corrected chi connectivity index (χ0v) is 13.3. The smallest absolute Gasteiger partial charge is 0.317 e. The van der Waals surface area contributed by atoms with E-state index in [1.54, 1.807) is 36.5 Å². The molecule has 2 rings (SSSR count). The monoisotopic (exact) mass is 326 g/mol. The van der Waals surface area contributed by atoms with E-state index in [9.17, 15) is 4.79 Å². The molecule has 0 radical (unpaired) electrons. The molecular formula is C14H16Cl2N4O. The number of carbonyl (C=O) groups excluding carboxylic acids is 1. The summed E-state index contributed by atoms with van der Waals surface area (Å²) in [5.41, 5.74) is 1.71. The van der Waals surface area contributed by atoms with Gasteiger partial charge in [-0.25, -0.2) is 4.79 Å². The second-order valence-corrected chi connectivity index (χ2v) is 5.62. The summed E-state index contributed by atoms with van der Waals surface area (Å²) < 4.78 is 1.90. The van der Waals surface area contributed by atoms with Crippen molar-refractivity contribution >= 4 is 29.2 Å². The number of nitrogens with one attached hydrogen (secondary N) is 1. The molecule has 0 unspecified atom stereocenters. The Hall–Kier alpha value is -1.72. The first-order chi connectivity index (χ1) is 9.95. The van der Waals surface area contributed by atoms with Gasteiger partial charge in [0, 0.05) is 32.2 Å². The third kappa shape index (κ3) is 4.37. The Balaban J connectivity index is 1.88. The van der Waals surface area contributed by atoms with Crippen LogP contribution in [0, 0.1) is 0 Å². The third-order valence-corrected chi connectivity index (χ3v) is 3.46. The molecule has 2 aromatic heterocycles. The van der Waals surface area contributed by atoms with E-state index in [-0.39, 0.29) is 6.03 Å². The SMILES string of the molecule is CN(Cc1cc(Cl)cn1C)C(=O)NCc1ccc(Cl)cn1. The summed E-state index contributed by atoms with van der Waals surface area (Å²) in [5, 5.41) is 4.03. The van der Waals surface area contributed by atoms with E-state index < -0.39 is 0 Å². The summed E-state index contributed by atoms with van der Waals surface area (Å²) >= 11 is 11.7. The first kappa shape index (κ1) is 15.7. The van der Waals surface area contributed by atoms with E-state index in [0.29, 0.717) is 23.1 Å². The van der Waals surface area contributed by atoms with Gasteiger partial charge in [-0.1, -0.05) is 23.2 Å². The minimum atomic E-state index is -0.177. The van der Waals surface area contributed by atoms with Gasteiger partial charge >= 0.3 is 6.03 Å². The van der Waals surface area contributed by atoms with Gasteiger partial charge in [0.15, 0.2) is 0 Å². The molecule has 0 fully saturated rings. The molecule has 0 aromatic carbocycles. The van der Waals surface area contributed by atoms with Gasteiger partial charge in [0.05, 0.1) is 28.8 Å². The number of rotatable bonds is 4. The molecular weight excluding hydrogens is 311 g/mol. The standard InChI is InChI=1S/C14H16Cl2N4O/c1-19-8-11(16)5-13(19)9-20(2)14(21)18-7-12-4-3-10(15)6-17-12/h3-6,8H,7,9H2,1-2H3,(H,18,21). The van der Waals surface area contributed by atoms with E-state index in [1.807, 2.05) is 17.7 Å². The number of pyridine rings is 1. The number of amides is 2. The molecule has 0 spiro atoms. The fourth-order valence-corrected chi connectivity index (χ4v) is 2.23. The van der Waals surface area contributed by atoms with Crippen molar-refractivity contribution in [3.8, 4) is 0 Å². The highest BCUT2D eigenvalue weighted by Gasteiger charge is 2.11. The molecule has 2 amide bonds. The average molecular weight is 327 g/mol. The Morgan fingerprint density at radius 2 is 2.14 bits per heavy atom. The Morgan fingerprint density at radius 1 is 1.38 bits per heavy atom. The van der Waals surface area contributed by atoms with Crippen molar-refractivity contribution in [2.75, 3.05) is 7.05 Å². The number of aromatic nitrogens is 2. The maximum atomic E-state index is 12.0. The molecule has 112 valence electrons. The van der Waals surface area contributed by atoms with E-state index in [0.717, 1.165) is 11.4 Å². The van der Waals surface area contributed by atoms with Crippen LogP contribution in [0.4, 0.5) is 4.79 Å². The summed E-state index contributed by atoms with van der Waals surface area (Å²) in [6, 6.07) is 5.18. The number of carbonyl (C=O) groups is 1. The van der Waals surface area contributed by atoms with Crippen LogP contribution in [0.15, 0.2) is 30.6 Å². The number of hydrogen-bond donors (Lipinski definition) is 1. The number of nitrogens with zero attached hydrogens (tertiary/aromatic N) is 3. The lowest BCUT2D eigenvalue weighted by atomic mass is 10.3. The Labute approximate surface area is 133 Å². The molecule has 2 heterocycles. The Kier molecular flexibility index (Phi) is 5.09. The van der Waals surface area contributed by atoms with Crippen molar-refractivity contribution in [2.45, 2.75) is 13.1 Å². The van der Waals surface area contributed by atoms with Crippen LogP contribution in [0.1, 0.15) is 11.4 Å². The number of aryl methyl sites for hydroxylation is 1. The zero-order valence-electron chi connectivity index (χ0n) is 11.8. The second kappa shape index (κ2) is 6.83. The predicted molar refractivity (Wildman–Crippen MR) is 83.4 cm³/mol. The summed E-state index contributed by atoms with van der Waals surface area (Å²) in [7, 11) is 3.62. The van der Waals surface area contributed by atoms with Crippen LogP contribution in [0.25, 0.3) is 0 Å². The highest BCUT2D eigenvalue weighted by atomic mass is 35.5. The molecule has 0 aliphatic rings. The van der Waals surface area contributed by atoms with Crippen LogP contribution in [-0.2, 0) is 20.1 Å². The molecule has 21 heavy (non-hydrogen) atoms. The van der Waals surface area contributed by atoms with Crippen LogP contribution in [0.2, 0.25) is 10.0 Å². The number of halogens is 2. The van der Waals surface area contributed by atoms with Crippen molar-refractivity contribution in [3.05, 3.63) is 52.0 Å². The summed E-state index contributed by atoms with van der Waals surface area (Å²) in [6.45, 7) is 0.831. The molecule has 2 aromatic rings. The second-order valence-electron chi connectivity index (χ2n) is 4.74. The normalized spacial score (nSPS) is 10.5. The minimum absolute atomic E-state index is 0.177. The van der Waals surface area contributed by atoms with Gasteiger partial charge in [-0.15, -0.1) is 0 Å². The molecule has 1 N–H and O–H groups in total. The fraction of sp³-hybridized carbons (Fsp3) is 0.286. The van der Waals surface area contributed by atoms with Gasteiger partial charge in [0.25, 0.3) is 0 Å². The van der Waals surface area contributed by atoms with Crippen molar-refractivity contribution < 1.29 is 4.79 Å².